The Balaban J connectivity index is 1.68. The second-order valence-corrected chi connectivity index (χ2v) is 7.99. The summed E-state index contributed by atoms with van der Waals surface area (Å²) in [4.78, 5) is 0.199. The molecule has 8 heteroatoms. The van der Waals surface area contributed by atoms with Crippen molar-refractivity contribution in [1.29, 1.82) is 0 Å². The molecule has 1 saturated heterocycles. The molecule has 0 atom stereocenters. The number of aryl methyl sites for hydroxylation is 2. The van der Waals surface area contributed by atoms with E-state index in [1.807, 2.05) is 16.8 Å². The third-order valence-electron chi connectivity index (χ3n) is 3.76. The monoisotopic (exact) mass is 342 g/mol. The van der Waals surface area contributed by atoms with Gasteiger partial charge in [-0.05, 0) is 38.1 Å². The van der Waals surface area contributed by atoms with E-state index in [9.17, 15) is 8.42 Å². The van der Waals surface area contributed by atoms with E-state index in [2.05, 4.69) is 5.16 Å². The highest BCUT2D eigenvalue weighted by Gasteiger charge is 2.34. The van der Waals surface area contributed by atoms with E-state index in [1.54, 1.807) is 25.2 Å². The minimum atomic E-state index is -3.54. The Morgan fingerprint density at radius 1 is 1.36 bits per heavy atom. The van der Waals surface area contributed by atoms with Gasteiger partial charge < -0.3 is 9.26 Å². The van der Waals surface area contributed by atoms with Crippen LogP contribution in [0.15, 0.2) is 26.2 Å². The van der Waals surface area contributed by atoms with Crippen LogP contribution in [0.25, 0.3) is 0 Å². The molecule has 6 nitrogen and oxygen atoms in total. The summed E-state index contributed by atoms with van der Waals surface area (Å²) < 4.78 is 37.7. The lowest BCUT2D eigenvalue weighted by Crippen LogP contribution is -2.41. The molecule has 0 spiro atoms. The number of sulfonamides is 1. The normalized spacial score (nSPS) is 17.7. The van der Waals surface area contributed by atoms with Crippen LogP contribution in [0.4, 0.5) is 0 Å². The molecule has 0 aliphatic carbocycles. The number of piperidine rings is 1. The lowest BCUT2D eigenvalue weighted by molar-refractivity contribution is 0.135. The van der Waals surface area contributed by atoms with Gasteiger partial charge in [-0.25, -0.2) is 8.42 Å². The molecule has 1 fully saturated rings. The SMILES string of the molecule is Cc1noc(C)c1S(=O)(=O)N1CCC(Oc2ccsc2)CC1. The second kappa shape index (κ2) is 6.02. The van der Waals surface area contributed by atoms with Gasteiger partial charge in [-0.15, -0.1) is 11.3 Å². The number of rotatable bonds is 4. The van der Waals surface area contributed by atoms with Crippen LogP contribution in [0.2, 0.25) is 0 Å². The first-order valence-electron chi connectivity index (χ1n) is 7.10. The number of hydrogen-bond acceptors (Lipinski definition) is 6. The van der Waals surface area contributed by atoms with Crippen molar-refractivity contribution in [2.45, 2.75) is 37.7 Å². The van der Waals surface area contributed by atoms with Crippen molar-refractivity contribution in [3.05, 3.63) is 28.3 Å². The predicted octanol–water partition coefficient (Wildman–Crippen LogP) is 2.59. The highest BCUT2D eigenvalue weighted by molar-refractivity contribution is 7.89. The summed E-state index contributed by atoms with van der Waals surface area (Å²) in [6.45, 7) is 4.16. The third-order valence-corrected chi connectivity index (χ3v) is 6.57. The fraction of sp³-hybridized carbons (Fsp3) is 0.500. The molecule has 3 rings (SSSR count). The topological polar surface area (TPSA) is 72.6 Å². The molecule has 0 unspecified atom stereocenters. The highest BCUT2D eigenvalue weighted by Crippen LogP contribution is 2.27. The Labute approximate surface area is 133 Å². The summed E-state index contributed by atoms with van der Waals surface area (Å²) >= 11 is 1.59. The Bertz CT molecular complexity index is 709. The van der Waals surface area contributed by atoms with Crippen molar-refractivity contribution in [3.63, 3.8) is 0 Å². The summed E-state index contributed by atoms with van der Waals surface area (Å²) in [5.74, 6) is 1.20. The highest BCUT2D eigenvalue weighted by atomic mass is 32.2. The summed E-state index contributed by atoms with van der Waals surface area (Å²) in [6.07, 6.45) is 1.42. The van der Waals surface area contributed by atoms with Crippen LogP contribution in [-0.4, -0.2) is 37.1 Å². The molecule has 120 valence electrons. The number of aromatic nitrogens is 1. The van der Waals surface area contributed by atoms with Crippen molar-refractivity contribution in [2.24, 2.45) is 0 Å². The molecule has 3 heterocycles. The molecule has 2 aromatic rings. The summed E-state index contributed by atoms with van der Waals surface area (Å²) in [7, 11) is -3.54. The van der Waals surface area contributed by atoms with Crippen LogP contribution in [-0.2, 0) is 10.0 Å². The van der Waals surface area contributed by atoms with Gasteiger partial charge in [0.15, 0.2) is 5.76 Å². The first-order valence-corrected chi connectivity index (χ1v) is 9.48. The van der Waals surface area contributed by atoms with E-state index in [0.717, 1.165) is 5.75 Å². The van der Waals surface area contributed by atoms with Gasteiger partial charge in [-0.2, -0.15) is 4.31 Å². The molecule has 1 aliphatic heterocycles. The fourth-order valence-corrected chi connectivity index (χ4v) is 4.99. The van der Waals surface area contributed by atoms with Gasteiger partial charge in [0.2, 0.25) is 10.0 Å². The molecule has 0 saturated carbocycles. The maximum absolute atomic E-state index is 12.7. The van der Waals surface area contributed by atoms with Crippen molar-refractivity contribution in [1.82, 2.24) is 9.46 Å². The Morgan fingerprint density at radius 3 is 2.64 bits per heavy atom. The van der Waals surface area contributed by atoms with E-state index >= 15 is 0 Å². The Morgan fingerprint density at radius 2 is 2.09 bits per heavy atom. The number of thiophene rings is 1. The minimum Gasteiger partial charge on any atom is -0.489 e. The summed E-state index contributed by atoms with van der Waals surface area (Å²) in [5, 5.41) is 7.65. The maximum atomic E-state index is 12.7. The zero-order valence-electron chi connectivity index (χ0n) is 12.5. The van der Waals surface area contributed by atoms with E-state index < -0.39 is 10.0 Å². The van der Waals surface area contributed by atoms with Crippen LogP contribution in [0.5, 0.6) is 5.75 Å². The zero-order chi connectivity index (χ0) is 15.7. The Hall–Kier alpha value is -1.38. The second-order valence-electron chi connectivity index (χ2n) is 5.33. The summed E-state index contributed by atoms with van der Waals surface area (Å²) in [5.41, 5.74) is 0.411. The Kier molecular flexibility index (Phi) is 4.24. The molecule has 1 aliphatic rings. The zero-order valence-corrected chi connectivity index (χ0v) is 14.1. The lowest BCUT2D eigenvalue weighted by Gasteiger charge is -2.31. The van der Waals surface area contributed by atoms with Gasteiger partial charge in [0, 0.05) is 18.5 Å². The van der Waals surface area contributed by atoms with Crippen molar-refractivity contribution < 1.29 is 17.7 Å². The maximum Gasteiger partial charge on any atom is 0.248 e. The van der Waals surface area contributed by atoms with Crippen molar-refractivity contribution >= 4 is 21.4 Å². The largest absolute Gasteiger partial charge is 0.489 e. The third kappa shape index (κ3) is 2.90. The van der Waals surface area contributed by atoms with Gasteiger partial charge >= 0.3 is 0 Å². The average molecular weight is 342 g/mol. The molecule has 0 N–H and O–H groups in total. The van der Waals surface area contributed by atoms with E-state index in [-0.39, 0.29) is 11.0 Å². The molecule has 0 bridgehead atoms. The van der Waals surface area contributed by atoms with Crippen LogP contribution >= 0.6 is 11.3 Å². The first-order chi connectivity index (χ1) is 10.5. The van der Waals surface area contributed by atoms with Crippen LogP contribution < -0.4 is 4.74 Å². The molecule has 2 aromatic heterocycles. The van der Waals surface area contributed by atoms with Gasteiger partial charge in [0.25, 0.3) is 0 Å². The summed E-state index contributed by atoms with van der Waals surface area (Å²) in [6, 6.07) is 1.93. The van der Waals surface area contributed by atoms with Crippen molar-refractivity contribution in [3.8, 4) is 5.75 Å². The standard InChI is InChI=1S/C14H18N2O4S2/c1-10-14(11(2)20-15-10)22(17,18)16-6-3-12(4-7-16)19-13-5-8-21-9-13/h5,8-9,12H,3-4,6-7H2,1-2H3. The molecular weight excluding hydrogens is 324 g/mol. The number of hydrogen-bond donors (Lipinski definition) is 0. The number of ether oxygens (including phenoxy) is 1. The molecule has 0 amide bonds. The number of nitrogens with zero attached hydrogens (tertiary/aromatic N) is 2. The van der Waals surface area contributed by atoms with E-state index in [0.29, 0.717) is 37.4 Å². The molecule has 0 aromatic carbocycles. The van der Waals surface area contributed by atoms with Crippen LogP contribution in [0, 0.1) is 13.8 Å². The predicted molar refractivity (Wildman–Crippen MR) is 82.7 cm³/mol. The van der Waals surface area contributed by atoms with Gasteiger partial charge in [0.1, 0.15) is 22.4 Å². The van der Waals surface area contributed by atoms with E-state index in [1.165, 1.54) is 4.31 Å². The fourth-order valence-electron chi connectivity index (χ4n) is 2.67. The molecule has 0 radical (unpaired) electrons. The van der Waals surface area contributed by atoms with Crippen LogP contribution in [0.3, 0.4) is 0 Å². The van der Waals surface area contributed by atoms with Gasteiger partial charge in [-0.3, -0.25) is 0 Å². The van der Waals surface area contributed by atoms with Crippen LogP contribution in [0.1, 0.15) is 24.3 Å². The molecular formula is C14H18N2O4S2. The lowest BCUT2D eigenvalue weighted by atomic mass is 10.1. The van der Waals surface area contributed by atoms with E-state index in [4.69, 9.17) is 9.26 Å². The van der Waals surface area contributed by atoms with Gasteiger partial charge in [0.05, 0.1) is 0 Å². The molecule has 22 heavy (non-hydrogen) atoms. The minimum absolute atomic E-state index is 0.0609. The first kappa shape index (κ1) is 15.5. The average Bonchev–Trinajstić information content (AvgIpc) is 3.10. The quantitative estimate of drug-likeness (QED) is 0.854. The van der Waals surface area contributed by atoms with Gasteiger partial charge in [-0.1, -0.05) is 5.16 Å². The smallest absolute Gasteiger partial charge is 0.248 e. The van der Waals surface area contributed by atoms with Crippen molar-refractivity contribution in [2.75, 3.05) is 13.1 Å².